The number of nitrogens with zero attached hydrogens (tertiary/aromatic N) is 1. The van der Waals surface area contributed by atoms with Crippen molar-refractivity contribution in [2.45, 2.75) is 23.8 Å². The van der Waals surface area contributed by atoms with Gasteiger partial charge in [-0.05, 0) is 40.9 Å². The summed E-state index contributed by atoms with van der Waals surface area (Å²) >= 11 is 3.28. The lowest BCUT2D eigenvalue weighted by Crippen LogP contribution is -2.45. The van der Waals surface area contributed by atoms with Crippen LogP contribution in [0.2, 0.25) is 0 Å². The van der Waals surface area contributed by atoms with Crippen molar-refractivity contribution in [2.75, 3.05) is 20.2 Å². The van der Waals surface area contributed by atoms with Crippen LogP contribution in [0.15, 0.2) is 27.6 Å². The summed E-state index contributed by atoms with van der Waals surface area (Å²) in [5.41, 5.74) is 5.85. The standard InChI is InChI=1S/C12H17BrN2O3S.ClH/c1-18-10-4-5-11(13)12(7-10)19(16,17)15-6-2-3-9(14)8-15;/h4-5,7,9H,2-3,6,8,14H2,1H3;1H. The number of hydrogen-bond donors (Lipinski definition) is 1. The quantitative estimate of drug-likeness (QED) is 0.863. The van der Waals surface area contributed by atoms with Crippen molar-refractivity contribution in [3.05, 3.63) is 22.7 Å². The van der Waals surface area contributed by atoms with Gasteiger partial charge in [0.2, 0.25) is 10.0 Å². The Hall–Kier alpha value is -0.340. The fourth-order valence-corrected chi connectivity index (χ4v) is 4.61. The first-order chi connectivity index (χ1) is 8.95. The van der Waals surface area contributed by atoms with Gasteiger partial charge in [0.15, 0.2) is 0 Å². The largest absolute Gasteiger partial charge is 0.497 e. The van der Waals surface area contributed by atoms with E-state index in [9.17, 15) is 8.42 Å². The molecule has 0 amide bonds. The van der Waals surface area contributed by atoms with Gasteiger partial charge in [0, 0.05) is 29.7 Å². The van der Waals surface area contributed by atoms with E-state index in [2.05, 4.69) is 15.9 Å². The Bertz CT molecular complexity index is 568. The molecule has 8 heteroatoms. The van der Waals surface area contributed by atoms with Crippen LogP contribution in [0.1, 0.15) is 12.8 Å². The molecule has 0 saturated carbocycles. The van der Waals surface area contributed by atoms with Crippen LogP contribution in [0.25, 0.3) is 0 Å². The molecule has 1 unspecified atom stereocenters. The fraction of sp³-hybridized carbons (Fsp3) is 0.500. The van der Waals surface area contributed by atoms with Crippen LogP contribution < -0.4 is 10.5 Å². The van der Waals surface area contributed by atoms with Crippen LogP contribution in [-0.4, -0.2) is 39.0 Å². The Balaban J connectivity index is 0.00000200. The summed E-state index contributed by atoms with van der Waals surface area (Å²) in [4.78, 5) is 0.223. The number of ether oxygens (including phenoxy) is 1. The van der Waals surface area contributed by atoms with Crippen molar-refractivity contribution >= 4 is 38.4 Å². The van der Waals surface area contributed by atoms with Gasteiger partial charge in [0.25, 0.3) is 0 Å². The van der Waals surface area contributed by atoms with E-state index in [1.807, 2.05) is 0 Å². The maximum atomic E-state index is 12.6. The van der Waals surface area contributed by atoms with Crippen LogP contribution >= 0.6 is 28.3 Å². The number of nitrogens with two attached hydrogens (primary N) is 1. The average Bonchev–Trinajstić information content (AvgIpc) is 2.39. The van der Waals surface area contributed by atoms with Crippen molar-refractivity contribution in [1.29, 1.82) is 0 Å². The van der Waals surface area contributed by atoms with Gasteiger partial charge in [-0.15, -0.1) is 12.4 Å². The third-order valence-electron chi connectivity index (χ3n) is 3.18. The molecule has 0 aliphatic carbocycles. The molecule has 5 nitrogen and oxygen atoms in total. The molecular weight excluding hydrogens is 368 g/mol. The number of piperidine rings is 1. The molecule has 1 heterocycles. The first kappa shape index (κ1) is 17.7. The summed E-state index contributed by atoms with van der Waals surface area (Å²) in [6.45, 7) is 0.881. The Morgan fingerprint density at radius 3 is 2.75 bits per heavy atom. The molecular formula is C12H18BrClN2O3S. The number of benzene rings is 1. The van der Waals surface area contributed by atoms with E-state index in [1.54, 1.807) is 12.1 Å². The average molecular weight is 386 g/mol. The number of hydrogen-bond acceptors (Lipinski definition) is 4. The van der Waals surface area contributed by atoms with Crippen LogP contribution in [0, 0.1) is 0 Å². The van der Waals surface area contributed by atoms with Gasteiger partial charge in [0.05, 0.1) is 7.11 Å². The van der Waals surface area contributed by atoms with Gasteiger partial charge in [-0.1, -0.05) is 0 Å². The zero-order chi connectivity index (χ0) is 14.0. The molecule has 0 radical (unpaired) electrons. The van der Waals surface area contributed by atoms with Gasteiger partial charge in [0.1, 0.15) is 10.6 Å². The maximum Gasteiger partial charge on any atom is 0.244 e. The zero-order valence-corrected chi connectivity index (χ0v) is 14.3. The monoisotopic (exact) mass is 384 g/mol. The summed E-state index contributed by atoms with van der Waals surface area (Å²) in [6, 6.07) is 4.83. The minimum atomic E-state index is -3.53. The van der Waals surface area contributed by atoms with Gasteiger partial charge in [-0.3, -0.25) is 0 Å². The van der Waals surface area contributed by atoms with E-state index in [4.69, 9.17) is 10.5 Å². The van der Waals surface area contributed by atoms with E-state index < -0.39 is 10.0 Å². The molecule has 0 aromatic heterocycles. The molecule has 20 heavy (non-hydrogen) atoms. The highest BCUT2D eigenvalue weighted by molar-refractivity contribution is 9.10. The minimum Gasteiger partial charge on any atom is -0.497 e. The van der Waals surface area contributed by atoms with Crippen molar-refractivity contribution in [3.63, 3.8) is 0 Å². The fourth-order valence-electron chi connectivity index (χ4n) is 2.14. The van der Waals surface area contributed by atoms with Gasteiger partial charge in [-0.2, -0.15) is 4.31 Å². The highest BCUT2D eigenvalue weighted by Crippen LogP contribution is 2.30. The second-order valence-electron chi connectivity index (χ2n) is 4.56. The van der Waals surface area contributed by atoms with Crippen molar-refractivity contribution < 1.29 is 13.2 Å². The summed E-state index contributed by atoms with van der Waals surface area (Å²) in [6.07, 6.45) is 1.66. The molecule has 1 aromatic rings. The number of rotatable bonds is 3. The summed E-state index contributed by atoms with van der Waals surface area (Å²) in [5.74, 6) is 0.517. The predicted molar refractivity (Wildman–Crippen MR) is 83.9 cm³/mol. The third kappa shape index (κ3) is 3.65. The Kier molecular flexibility index (Phi) is 6.27. The lowest BCUT2D eigenvalue weighted by atomic mass is 10.1. The zero-order valence-electron chi connectivity index (χ0n) is 11.1. The van der Waals surface area contributed by atoms with Crippen LogP contribution in [-0.2, 0) is 10.0 Å². The van der Waals surface area contributed by atoms with Crippen molar-refractivity contribution in [1.82, 2.24) is 4.31 Å². The van der Waals surface area contributed by atoms with Gasteiger partial charge < -0.3 is 10.5 Å². The second-order valence-corrected chi connectivity index (χ2v) is 7.32. The minimum absolute atomic E-state index is 0. The second kappa shape index (κ2) is 7.09. The van der Waals surface area contributed by atoms with E-state index in [0.717, 1.165) is 12.8 Å². The number of methoxy groups -OCH3 is 1. The van der Waals surface area contributed by atoms with Gasteiger partial charge >= 0.3 is 0 Å². The van der Waals surface area contributed by atoms with Crippen molar-refractivity contribution in [3.8, 4) is 5.75 Å². The normalized spacial score (nSPS) is 20.2. The lowest BCUT2D eigenvalue weighted by Gasteiger charge is -2.30. The molecule has 0 bridgehead atoms. The topological polar surface area (TPSA) is 72.6 Å². The molecule has 2 rings (SSSR count). The highest BCUT2D eigenvalue weighted by atomic mass is 79.9. The Morgan fingerprint density at radius 2 is 2.15 bits per heavy atom. The number of halogens is 2. The van der Waals surface area contributed by atoms with E-state index in [1.165, 1.54) is 17.5 Å². The molecule has 114 valence electrons. The summed E-state index contributed by atoms with van der Waals surface area (Å²) in [7, 11) is -2.02. The molecule has 2 N–H and O–H groups in total. The molecule has 1 atom stereocenters. The van der Waals surface area contributed by atoms with E-state index in [0.29, 0.717) is 23.3 Å². The lowest BCUT2D eigenvalue weighted by molar-refractivity contribution is 0.316. The SMILES string of the molecule is COc1ccc(Br)c(S(=O)(=O)N2CCCC(N)C2)c1.Cl. The molecule has 1 aliphatic rings. The smallest absolute Gasteiger partial charge is 0.244 e. The predicted octanol–water partition coefficient (Wildman–Crippen LogP) is 1.99. The Morgan fingerprint density at radius 1 is 1.45 bits per heavy atom. The summed E-state index contributed by atoms with van der Waals surface area (Å²) in [5, 5.41) is 0. The first-order valence-corrected chi connectivity index (χ1v) is 8.27. The number of sulfonamides is 1. The first-order valence-electron chi connectivity index (χ1n) is 6.04. The van der Waals surface area contributed by atoms with Crippen LogP contribution in [0.3, 0.4) is 0 Å². The molecule has 1 aromatic carbocycles. The summed E-state index contributed by atoms with van der Waals surface area (Å²) < 4.78 is 32.3. The molecule has 0 spiro atoms. The Labute approximate surface area is 134 Å². The third-order valence-corrected chi connectivity index (χ3v) is 6.04. The van der Waals surface area contributed by atoms with Crippen molar-refractivity contribution in [2.24, 2.45) is 5.73 Å². The highest BCUT2D eigenvalue weighted by Gasteiger charge is 2.30. The molecule has 1 aliphatic heterocycles. The molecule has 1 fully saturated rings. The maximum absolute atomic E-state index is 12.6. The van der Waals surface area contributed by atoms with E-state index >= 15 is 0 Å². The molecule has 1 saturated heterocycles. The van der Waals surface area contributed by atoms with Crippen LogP contribution in [0.5, 0.6) is 5.75 Å². The van der Waals surface area contributed by atoms with Gasteiger partial charge in [-0.25, -0.2) is 8.42 Å². The van der Waals surface area contributed by atoms with Crippen LogP contribution in [0.4, 0.5) is 0 Å². The van der Waals surface area contributed by atoms with E-state index in [-0.39, 0.29) is 23.3 Å².